The third-order valence-electron chi connectivity index (χ3n) is 2.49. The third-order valence-corrected chi connectivity index (χ3v) is 2.49. The number of anilines is 1. The lowest BCUT2D eigenvalue weighted by Crippen LogP contribution is -2.28. The van der Waals surface area contributed by atoms with Crippen LogP contribution < -0.4 is 5.32 Å². The normalized spacial score (nSPS) is 11.1. The van der Waals surface area contributed by atoms with Crippen molar-refractivity contribution in [3.8, 4) is 6.07 Å². The molecule has 1 N–H and O–H groups in total. The Kier molecular flexibility index (Phi) is 2.54. The van der Waals surface area contributed by atoms with E-state index in [1.165, 1.54) is 10.8 Å². The van der Waals surface area contributed by atoms with Gasteiger partial charge in [0.2, 0.25) is 0 Å². The van der Waals surface area contributed by atoms with E-state index in [-0.39, 0.29) is 0 Å². The SMILES string of the molecule is CC(C)(C#N)Nc1ccc2ccccc2c1. The van der Waals surface area contributed by atoms with Crippen LogP contribution in [0.15, 0.2) is 42.5 Å². The van der Waals surface area contributed by atoms with E-state index in [1.54, 1.807) is 0 Å². The Morgan fingerprint density at radius 2 is 1.75 bits per heavy atom. The monoisotopic (exact) mass is 210 g/mol. The lowest BCUT2D eigenvalue weighted by molar-refractivity contribution is 0.729. The molecule has 16 heavy (non-hydrogen) atoms. The van der Waals surface area contributed by atoms with E-state index in [4.69, 9.17) is 5.26 Å². The molecular formula is C14H14N2. The molecule has 0 aliphatic carbocycles. The van der Waals surface area contributed by atoms with E-state index in [9.17, 15) is 0 Å². The van der Waals surface area contributed by atoms with Crippen LogP contribution in [0.4, 0.5) is 5.69 Å². The van der Waals surface area contributed by atoms with Crippen LogP contribution >= 0.6 is 0 Å². The minimum atomic E-state index is -0.539. The minimum absolute atomic E-state index is 0.539. The van der Waals surface area contributed by atoms with Gasteiger partial charge >= 0.3 is 0 Å². The van der Waals surface area contributed by atoms with Crippen molar-refractivity contribution in [2.24, 2.45) is 0 Å². The molecule has 0 fully saturated rings. The summed E-state index contributed by atoms with van der Waals surface area (Å²) in [5.41, 5.74) is 0.438. The number of nitriles is 1. The van der Waals surface area contributed by atoms with Gasteiger partial charge in [0.25, 0.3) is 0 Å². The van der Waals surface area contributed by atoms with Gasteiger partial charge in [-0.1, -0.05) is 30.3 Å². The zero-order valence-electron chi connectivity index (χ0n) is 9.49. The Morgan fingerprint density at radius 3 is 2.44 bits per heavy atom. The molecule has 0 spiro atoms. The standard InChI is InChI=1S/C14H14N2/c1-14(2,10-15)16-13-8-7-11-5-3-4-6-12(11)9-13/h3-9,16H,1-2H3. The molecule has 2 rings (SSSR count). The molecule has 0 aliphatic heterocycles. The Bertz CT molecular complexity index is 550. The lowest BCUT2D eigenvalue weighted by atomic mass is 10.1. The van der Waals surface area contributed by atoms with Crippen molar-refractivity contribution in [1.29, 1.82) is 5.26 Å². The van der Waals surface area contributed by atoms with Crippen LogP contribution in [0, 0.1) is 11.3 Å². The van der Waals surface area contributed by atoms with Gasteiger partial charge in [0, 0.05) is 5.69 Å². The third kappa shape index (κ3) is 2.14. The first-order chi connectivity index (χ1) is 7.61. The minimum Gasteiger partial charge on any atom is -0.368 e. The predicted molar refractivity (Wildman–Crippen MR) is 67.3 cm³/mol. The highest BCUT2D eigenvalue weighted by Crippen LogP contribution is 2.21. The summed E-state index contributed by atoms with van der Waals surface area (Å²) >= 11 is 0. The first-order valence-electron chi connectivity index (χ1n) is 5.29. The molecule has 0 unspecified atom stereocenters. The smallest absolute Gasteiger partial charge is 0.119 e. The van der Waals surface area contributed by atoms with Gasteiger partial charge < -0.3 is 5.32 Å². The van der Waals surface area contributed by atoms with Crippen molar-refractivity contribution in [2.45, 2.75) is 19.4 Å². The molecule has 0 heterocycles. The summed E-state index contributed by atoms with van der Waals surface area (Å²) < 4.78 is 0. The van der Waals surface area contributed by atoms with Gasteiger partial charge in [-0.3, -0.25) is 0 Å². The largest absolute Gasteiger partial charge is 0.368 e. The molecule has 0 amide bonds. The number of nitrogens with zero attached hydrogens (tertiary/aromatic N) is 1. The van der Waals surface area contributed by atoms with Crippen molar-refractivity contribution in [1.82, 2.24) is 0 Å². The maximum Gasteiger partial charge on any atom is 0.119 e. The van der Waals surface area contributed by atoms with E-state index in [1.807, 2.05) is 32.0 Å². The topological polar surface area (TPSA) is 35.8 Å². The number of hydrogen-bond donors (Lipinski definition) is 1. The fourth-order valence-corrected chi connectivity index (χ4v) is 1.66. The molecule has 0 radical (unpaired) electrons. The summed E-state index contributed by atoms with van der Waals surface area (Å²) in [6.45, 7) is 3.73. The van der Waals surface area contributed by atoms with Gasteiger partial charge in [0.15, 0.2) is 0 Å². The summed E-state index contributed by atoms with van der Waals surface area (Å²) in [4.78, 5) is 0. The summed E-state index contributed by atoms with van der Waals surface area (Å²) in [7, 11) is 0. The molecule has 0 atom stereocenters. The van der Waals surface area contributed by atoms with Gasteiger partial charge in [-0.05, 0) is 36.8 Å². The summed E-state index contributed by atoms with van der Waals surface area (Å²) in [6, 6.07) is 16.5. The quantitative estimate of drug-likeness (QED) is 0.822. The summed E-state index contributed by atoms with van der Waals surface area (Å²) in [5, 5.41) is 14.5. The van der Waals surface area contributed by atoms with Crippen molar-refractivity contribution >= 4 is 16.5 Å². The fraction of sp³-hybridized carbons (Fsp3) is 0.214. The first kappa shape index (κ1) is 10.5. The highest BCUT2D eigenvalue weighted by atomic mass is 15.0. The fourth-order valence-electron chi connectivity index (χ4n) is 1.66. The Morgan fingerprint density at radius 1 is 1.06 bits per heavy atom. The molecule has 2 aromatic carbocycles. The highest BCUT2D eigenvalue weighted by molar-refractivity contribution is 5.85. The molecule has 0 saturated heterocycles. The highest BCUT2D eigenvalue weighted by Gasteiger charge is 2.15. The molecule has 0 saturated carbocycles. The van der Waals surface area contributed by atoms with Crippen LogP contribution in [0.5, 0.6) is 0 Å². The number of nitrogens with one attached hydrogen (secondary N) is 1. The predicted octanol–water partition coefficient (Wildman–Crippen LogP) is 3.55. The average molecular weight is 210 g/mol. The number of hydrogen-bond acceptors (Lipinski definition) is 2. The lowest BCUT2D eigenvalue weighted by Gasteiger charge is -2.19. The van der Waals surface area contributed by atoms with Crippen molar-refractivity contribution in [2.75, 3.05) is 5.32 Å². The molecular weight excluding hydrogens is 196 g/mol. The average Bonchev–Trinajstić information content (AvgIpc) is 2.28. The summed E-state index contributed by atoms with van der Waals surface area (Å²) in [6.07, 6.45) is 0. The summed E-state index contributed by atoms with van der Waals surface area (Å²) in [5.74, 6) is 0. The Balaban J connectivity index is 2.37. The van der Waals surface area contributed by atoms with Crippen molar-refractivity contribution in [3.63, 3.8) is 0 Å². The Labute approximate surface area is 95.5 Å². The number of fused-ring (bicyclic) bond motifs is 1. The molecule has 2 aromatic rings. The molecule has 0 aromatic heterocycles. The number of benzene rings is 2. The zero-order valence-corrected chi connectivity index (χ0v) is 9.49. The van der Waals surface area contributed by atoms with Gasteiger partial charge in [-0.2, -0.15) is 5.26 Å². The van der Waals surface area contributed by atoms with Gasteiger partial charge in [0.1, 0.15) is 5.54 Å². The Hall–Kier alpha value is -2.01. The molecule has 80 valence electrons. The maximum absolute atomic E-state index is 8.96. The van der Waals surface area contributed by atoms with E-state index in [2.05, 4.69) is 35.7 Å². The zero-order chi connectivity index (χ0) is 11.6. The van der Waals surface area contributed by atoms with Crippen molar-refractivity contribution in [3.05, 3.63) is 42.5 Å². The maximum atomic E-state index is 8.96. The van der Waals surface area contributed by atoms with Crippen LogP contribution in [0.25, 0.3) is 10.8 Å². The van der Waals surface area contributed by atoms with Gasteiger partial charge in [0.05, 0.1) is 6.07 Å². The van der Waals surface area contributed by atoms with E-state index >= 15 is 0 Å². The molecule has 0 bridgehead atoms. The second kappa shape index (κ2) is 3.86. The first-order valence-corrected chi connectivity index (χ1v) is 5.29. The molecule has 0 aliphatic rings. The van der Waals surface area contributed by atoms with Gasteiger partial charge in [-0.25, -0.2) is 0 Å². The van der Waals surface area contributed by atoms with Crippen LogP contribution in [0.2, 0.25) is 0 Å². The van der Waals surface area contributed by atoms with E-state index < -0.39 is 5.54 Å². The molecule has 2 nitrogen and oxygen atoms in total. The second-order valence-corrected chi connectivity index (χ2v) is 4.42. The van der Waals surface area contributed by atoms with Crippen LogP contribution in [-0.2, 0) is 0 Å². The van der Waals surface area contributed by atoms with Crippen molar-refractivity contribution < 1.29 is 0 Å². The second-order valence-electron chi connectivity index (χ2n) is 4.42. The van der Waals surface area contributed by atoms with Crippen LogP contribution in [0.3, 0.4) is 0 Å². The van der Waals surface area contributed by atoms with Gasteiger partial charge in [-0.15, -0.1) is 0 Å². The van der Waals surface area contributed by atoms with E-state index in [0.29, 0.717) is 0 Å². The van der Waals surface area contributed by atoms with Crippen LogP contribution in [0.1, 0.15) is 13.8 Å². The number of rotatable bonds is 2. The van der Waals surface area contributed by atoms with Crippen LogP contribution in [-0.4, -0.2) is 5.54 Å². The van der Waals surface area contributed by atoms with E-state index in [0.717, 1.165) is 5.69 Å². The molecule has 2 heteroatoms.